The maximum absolute atomic E-state index is 13.3. The highest BCUT2D eigenvalue weighted by atomic mass is 19.4. The molecule has 2 aromatic carbocycles. The second kappa shape index (κ2) is 11.1. The third kappa shape index (κ3) is 7.33. The summed E-state index contributed by atoms with van der Waals surface area (Å²) in [6, 6.07) is 12.1. The van der Waals surface area contributed by atoms with Crippen LogP contribution in [0.2, 0.25) is 0 Å². The fraction of sp³-hybridized carbons (Fsp3) is 0.280. The van der Waals surface area contributed by atoms with Crippen LogP contribution in [-0.2, 0) is 24.1 Å². The van der Waals surface area contributed by atoms with Crippen molar-refractivity contribution in [3.05, 3.63) is 89.6 Å². The molecule has 35 heavy (non-hydrogen) atoms. The lowest BCUT2D eigenvalue weighted by molar-refractivity contribution is -0.137. The number of alkyl halides is 3. The number of carbonyl (C=O) groups excluding carboxylic acids is 2. The van der Waals surface area contributed by atoms with E-state index in [0.29, 0.717) is 11.3 Å². The van der Waals surface area contributed by atoms with Gasteiger partial charge in [0.15, 0.2) is 0 Å². The minimum absolute atomic E-state index is 0.135. The van der Waals surface area contributed by atoms with Crippen molar-refractivity contribution in [2.45, 2.75) is 39.2 Å². The molecule has 3 aromatic rings. The first kappa shape index (κ1) is 25.8. The summed E-state index contributed by atoms with van der Waals surface area (Å²) in [6.07, 6.45) is -3.01. The van der Waals surface area contributed by atoms with Crippen molar-refractivity contribution >= 4 is 17.6 Å². The van der Waals surface area contributed by atoms with Crippen molar-refractivity contribution in [1.82, 2.24) is 9.80 Å². The van der Waals surface area contributed by atoms with E-state index in [1.165, 1.54) is 28.2 Å². The van der Waals surface area contributed by atoms with Crippen molar-refractivity contribution in [3.63, 3.8) is 0 Å². The first-order valence-electron chi connectivity index (χ1n) is 10.8. The van der Waals surface area contributed by atoms with Gasteiger partial charge in [-0.1, -0.05) is 12.1 Å². The molecule has 3 amide bonds. The molecule has 0 fully saturated rings. The molecule has 0 aliphatic carbocycles. The Labute approximate surface area is 200 Å². The van der Waals surface area contributed by atoms with E-state index in [9.17, 15) is 27.2 Å². The number of nitrogens with one attached hydrogen (secondary N) is 1. The smallest absolute Gasteiger partial charge is 0.416 e. The highest BCUT2D eigenvalue weighted by Gasteiger charge is 2.30. The van der Waals surface area contributed by atoms with Gasteiger partial charge in [-0.25, -0.2) is 9.18 Å². The molecule has 10 heteroatoms. The summed E-state index contributed by atoms with van der Waals surface area (Å²) in [5.41, 5.74) is 0.0252. The summed E-state index contributed by atoms with van der Waals surface area (Å²) in [5.74, 6) is -0.253. The lowest BCUT2D eigenvalue weighted by atomic mass is 10.2. The Morgan fingerprint density at radius 3 is 2.17 bits per heavy atom. The number of hydrogen-bond donors (Lipinski definition) is 1. The summed E-state index contributed by atoms with van der Waals surface area (Å²) < 4.78 is 57.0. The van der Waals surface area contributed by atoms with Crippen LogP contribution in [0.4, 0.5) is 28.0 Å². The molecule has 0 bridgehead atoms. The standard InChI is InChI=1S/C25H25F4N3O3/c1-17(2)32(24(34)30-21-11-7-19(8-12-21)25(27,28)29)16-23(33)31(15-22-4-3-13-35-22)14-18-5-9-20(26)10-6-18/h3-13,17H,14-16H2,1-2H3,(H,30,34). The summed E-state index contributed by atoms with van der Waals surface area (Å²) >= 11 is 0. The van der Waals surface area contributed by atoms with Gasteiger partial charge in [-0.15, -0.1) is 0 Å². The number of furan rings is 1. The molecule has 186 valence electrons. The van der Waals surface area contributed by atoms with E-state index in [1.807, 2.05) is 0 Å². The van der Waals surface area contributed by atoms with Crippen LogP contribution in [0.15, 0.2) is 71.3 Å². The zero-order valence-electron chi connectivity index (χ0n) is 19.2. The average molecular weight is 491 g/mol. The van der Waals surface area contributed by atoms with Gasteiger partial charge in [-0.3, -0.25) is 4.79 Å². The van der Waals surface area contributed by atoms with Gasteiger partial charge in [0, 0.05) is 18.3 Å². The maximum atomic E-state index is 13.3. The molecule has 6 nitrogen and oxygen atoms in total. The Balaban J connectivity index is 1.73. The van der Waals surface area contributed by atoms with Crippen LogP contribution in [0.25, 0.3) is 0 Å². The predicted octanol–water partition coefficient (Wildman–Crippen LogP) is 5.91. The number of amides is 3. The predicted molar refractivity (Wildman–Crippen MR) is 122 cm³/mol. The first-order valence-corrected chi connectivity index (χ1v) is 10.8. The quantitative estimate of drug-likeness (QED) is 0.399. The van der Waals surface area contributed by atoms with Crippen LogP contribution in [0.3, 0.4) is 0 Å². The number of benzene rings is 2. The molecular weight excluding hydrogens is 466 g/mol. The topological polar surface area (TPSA) is 65.8 Å². The Bertz CT molecular complexity index is 1110. The Morgan fingerprint density at radius 2 is 1.63 bits per heavy atom. The molecule has 1 aromatic heterocycles. The van der Waals surface area contributed by atoms with Crippen LogP contribution in [-0.4, -0.2) is 34.3 Å². The van der Waals surface area contributed by atoms with Gasteiger partial charge in [-0.2, -0.15) is 13.2 Å². The molecule has 0 atom stereocenters. The van der Waals surface area contributed by atoms with Crippen molar-refractivity contribution in [3.8, 4) is 0 Å². The first-order chi connectivity index (χ1) is 16.5. The highest BCUT2D eigenvalue weighted by molar-refractivity contribution is 5.92. The average Bonchev–Trinajstić information content (AvgIpc) is 3.31. The highest BCUT2D eigenvalue weighted by Crippen LogP contribution is 2.29. The summed E-state index contributed by atoms with van der Waals surface area (Å²) in [4.78, 5) is 28.9. The molecule has 1 N–H and O–H groups in total. The Hall–Kier alpha value is -3.82. The number of halogens is 4. The van der Waals surface area contributed by atoms with Crippen LogP contribution >= 0.6 is 0 Å². The molecule has 0 aliphatic rings. The zero-order chi connectivity index (χ0) is 25.6. The lowest BCUT2D eigenvalue weighted by Gasteiger charge is -2.30. The normalized spacial score (nSPS) is 11.4. The van der Waals surface area contributed by atoms with E-state index in [-0.39, 0.29) is 37.3 Å². The van der Waals surface area contributed by atoms with Crippen molar-refractivity contribution in [2.75, 3.05) is 11.9 Å². The molecular formula is C25H25F4N3O3. The molecule has 0 saturated heterocycles. The van der Waals surface area contributed by atoms with Crippen LogP contribution < -0.4 is 5.32 Å². The largest absolute Gasteiger partial charge is 0.467 e. The SMILES string of the molecule is CC(C)N(CC(=O)N(Cc1ccc(F)cc1)Cc1ccco1)C(=O)Nc1ccc(C(F)(F)F)cc1. The van der Waals surface area contributed by atoms with E-state index in [1.54, 1.807) is 38.1 Å². The fourth-order valence-corrected chi connectivity index (χ4v) is 3.31. The van der Waals surface area contributed by atoms with E-state index in [0.717, 1.165) is 24.3 Å². The summed E-state index contributed by atoms with van der Waals surface area (Å²) in [6.45, 7) is 3.45. The summed E-state index contributed by atoms with van der Waals surface area (Å²) in [5, 5.41) is 2.54. The van der Waals surface area contributed by atoms with Crippen molar-refractivity contribution in [1.29, 1.82) is 0 Å². The van der Waals surface area contributed by atoms with Gasteiger partial charge in [0.25, 0.3) is 0 Å². The second-order valence-corrected chi connectivity index (χ2v) is 8.18. The van der Waals surface area contributed by atoms with E-state index < -0.39 is 23.6 Å². The van der Waals surface area contributed by atoms with Gasteiger partial charge in [0.1, 0.15) is 18.1 Å². The summed E-state index contributed by atoms with van der Waals surface area (Å²) in [7, 11) is 0. The third-order valence-electron chi connectivity index (χ3n) is 5.22. The van der Waals surface area contributed by atoms with Crippen LogP contribution in [0, 0.1) is 5.82 Å². The van der Waals surface area contributed by atoms with Gasteiger partial charge >= 0.3 is 12.2 Å². The number of carbonyl (C=O) groups is 2. The second-order valence-electron chi connectivity index (χ2n) is 8.18. The number of urea groups is 1. The molecule has 0 spiro atoms. The number of rotatable bonds is 8. The monoisotopic (exact) mass is 491 g/mol. The molecule has 1 heterocycles. The molecule has 3 rings (SSSR count). The van der Waals surface area contributed by atoms with E-state index >= 15 is 0 Å². The fourth-order valence-electron chi connectivity index (χ4n) is 3.31. The van der Waals surface area contributed by atoms with E-state index in [2.05, 4.69) is 5.32 Å². The van der Waals surface area contributed by atoms with Crippen LogP contribution in [0.1, 0.15) is 30.7 Å². The minimum Gasteiger partial charge on any atom is -0.467 e. The Morgan fingerprint density at radius 1 is 0.971 bits per heavy atom. The van der Waals surface area contributed by atoms with Crippen LogP contribution in [0.5, 0.6) is 0 Å². The molecule has 0 aliphatic heterocycles. The number of hydrogen-bond acceptors (Lipinski definition) is 3. The molecule has 0 unspecified atom stereocenters. The minimum atomic E-state index is -4.49. The number of nitrogens with zero attached hydrogens (tertiary/aromatic N) is 2. The Kier molecular flexibility index (Phi) is 8.16. The maximum Gasteiger partial charge on any atom is 0.416 e. The van der Waals surface area contributed by atoms with Gasteiger partial charge in [-0.05, 0) is 67.9 Å². The molecule has 0 radical (unpaired) electrons. The lowest BCUT2D eigenvalue weighted by Crippen LogP contribution is -2.47. The van der Waals surface area contributed by atoms with E-state index in [4.69, 9.17) is 4.42 Å². The van der Waals surface area contributed by atoms with Gasteiger partial charge < -0.3 is 19.5 Å². The van der Waals surface area contributed by atoms with Gasteiger partial charge in [0.2, 0.25) is 5.91 Å². The van der Waals surface area contributed by atoms with Crippen molar-refractivity contribution in [2.24, 2.45) is 0 Å². The zero-order valence-corrected chi connectivity index (χ0v) is 19.2. The van der Waals surface area contributed by atoms with Gasteiger partial charge in [0.05, 0.1) is 18.4 Å². The van der Waals surface area contributed by atoms with Crippen molar-refractivity contribution < 1.29 is 31.6 Å². The number of anilines is 1. The third-order valence-corrected chi connectivity index (χ3v) is 5.22. The molecule has 0 saturated carbocycles.